The minimum atomic E-state index is -1.05. The Hall–Kier alpha value is -2.41. The number of pyridine rings is 1. The van der Waals surface area contributed by atoms with Crippen LogP contribution in [0.4, 0.5) is 5.82 Å². The number of rotatable bonds is 7. The van der Waals surface area contributed by atoms with Crippen LogP contribution in [0.2, 0.25) is 0 Å². The molecule has 33 heavy (non-hydrogen) atoms. The molecule has 4 bridgehead atoms. The van der Waals surface area contributed by atoms with Crippen molar-refractivity contribution < 1.29 is 14.7 Å². The first-order valence-corrected chi connectivity index (χ1v) is 12.4. The van der Waals surface area contributed by atoms with Gasteiger partial charge < -0.3 is 15.7 Å². The van der Waals surface area contributed by atoms with Crippen LogP contribution in [0.15, 0.2) is 18.2 Å². The highest BCUT2D eigenvalue weighted by Crippen LogP contribution is 2.61. The van der Waals surface area contributed by atoms with Gasteiger partial charge in [-0.1, -0.05) is 6.07 Å². The van der Waals surface area contributed by atoms with Crippen LogP contribution in [0.5, 0.6) is 0 Å². The second kappa shape index (κ2) is 8.12. The highest BCUT2D eigenvalue weighted by atomic mass is 16.4. The van der Waals surface area contributed by atoms with Gasteiger partial charge >= 0.3 is 5.97 Å². The number of carboxylic acid groups (broad SMARTS) is 1. The standard InChI is InChI=1S/C26H36N4O3/c1-25(2,3)27-8-7-19-23(24(32)33)29-21-6-4-5-20(30(19)21)28-22(31)15-26-12-16-9-17(13-26)11-18(10-16)14-26/h4-6,16-18,27H,7-15H2,1-3H3,(H,28,31)(H,32,33). The number of carboxylic acids is 1. The molecule has 4 aliphatic rings. The molecule has 4 aliphatic carbocycles. The fraction of sp³-hybridized carbons (Fsp3) is 0.654. The van der Waals surface area contributed by atoms with Gasteiger partial charge in [0.25, 0.3) is 0 Å². The molecule has 0 aliphatic heterocycles. The molecule has 4 fully saturated rings. The van der Waals surface area contributed by atoms with E-state index in [1.165, 1.54) is 38.5 Å². The lowest BCUT2D eigenvalue weighted by molar-refractivity contribution is -0.124. The van der Waals surface area contributed by atoms with Gasteiger partial charge in [-0.15, -0.1) is 0 Å². The SMILES string of the molecule is CC(C)(C)NCCc1c(C(=O)O)nc2cccc(NC(=O)CC34CC5CC(CC(C5)C3)C4)n12. The van der Waals surface area contributed by atoms with Crippen LogP contribution in [0.1, 0.15) is 81.9 Å². The Kier molecular flexibility index (Phi) is 5.51. The number of aromatic carboxylic acids is 1. The summed E-state index contributed by atoms with van der Waals surface area (Å²) in [4.78, 5) is 29.5. The van der Waals surface area contributed by atoms with Gasteiger partial charge in [0.1, 0.15) is 11.5 Å². The molecular weight excluding hydrogens is 416 g/mol. The molecule has 2 aromatic heterocycles. The molecule has 7 nitrogen and oxygen atoms in total. The summed E-state index contributed by atoms with van der Waals surface area (Å²) in [5, 5.41) is 16.3. The van der Waals surface area contributed by atoms with Gasteiger partial charge in [-0.25, -0.2) is 9.78 Å². The molecule has 0 radical (unpaired) electrons. The van der Waals surface area contributed by atoms with Gasteiger partial charge in [0, 0.05) is 24.9 Å². The van der Waals surface area contributed by atoms with Crippen molar-refractivity contribution in [2.75, 3.05) is 11.9 Å². The Morgan fingerprint density at radius 1 is 1.12 bits per heavy atom. The Bertz CT molecular complexity index is 1050. The zero-order valence-electron chi connectivity index (χ0n) is 20.0. The third-order valence-corrected chi connectivity index (χ3v) is 7.93. The minimum Gasteiger partial charge on any atom is -0.476 e. The zero-order chi connectivity index (χ0) is 23.4. The van der Waals surface area contributed by atoms with Crippen molar-refractivity contribution in [3.8, 4) is 0 Å². The third kappa shape index (κ3) is 4.52. The van der Waals surface area contributed by atoms with E-state index in [0.717, 1.165) is 17.8 Å². The van der Waals surface area contributed by atoms with E-state index >= 15 is 0 Å². The van der Waals surface area contributed by atoms with Crippen molar-refractivity contribution in [2.45, 2.75) is 77.7 Å². The Labute approximate surface area is 195 Å². The first kappa shape index (κ1) is 22.4. The molecule has 0 aromatic carbocycles. The lowest BCUT2D eigenvalue weighted by atomic mass is 9.49. The molecule has 0 saturated heterocycles. The predicted molar refractivity (Wildman–Crippen MR) is 127 cm³/mol. The van der Waals surface area contributed by atoms with Gasteiger partial charge in [0.2, 0.25) is 5.91 Å². The maximum atomic E-state index is 13.3. The molecule has 6 rings (SSSR count). The minimum absolute atomic E-state index is 0.0359. The number of fused-ring (bicyclic) bond motifs is 1. The van der Waals surface area contributed by atoms with Crippen LogP contribution in [-0.2, 0) is 11.2 Å². The number of aromatic nitrogens is 2. The predicted octanol–water partition coefficient (Wildman–Crippen LogP) is 4.51. The van der Waals surface area contributed by atoms with Crippen molar-refractivity contribution >= 4 is 23.3 Å². The molecule has 0 atom stereocenters. The fourth-order valence-electron chi connectivity index (χ4n) is 7.24. The third-order valence-electron chi connectivity index (χ3n) is 7.93. The lowest BCUT2D eigenvalue weighted by Gasteiger charge is -2.56. The van der Waals surface area contributed by atoms with E-state index in [1.54, 1.807) is 6.07 Å². The van der Waals surface area contributed by atoms with Crippen molar-refractivity contribution in [1.29, 1.82) is 0 Å². The summed E-state index contributed by atoms with van der Waals surface area (Å²) in [6, 6.07) is 5.46. The first-order valence-electron chi connectivity index (χ1n) is 12.4. The topological polar surface area (TPSA) is 95.7 Å². The van der Waals surface area contributed by atoms with Gasteiger partial charge in [-0.2, -0.15) is 0 Å². The maximum absolute atomic E-state index is 13.3. The number of hydrogen-bond donors (Lipinski definition) is 3. The molecule has 4 saturated carbocycles. The molecule has 2 aromatic rings. The van der Waals surface area contributed by atoms with Crippen molar-refractivity contribution in [1.82, 2.24) is 14.7 Å². The van der Waals surface area contributed by atoms with Gasteiger partial charge in [-0.05, 0) is 94.6 Å². The monoisotopic (exact) mass is 452 g/mol. The van der Waals surface area contributed by atoms with Crippen LogP contribution in [0, 0.1) is 23.2 Å². The van der Waals surface area contributed by atoms with Crippen LogP contribution >= 0.6 is 0 Å². The van der Waals surface area contributed by atoms with Gasteiger partial charge in [0.15, 0.2) is 5.69 Å². The van der Waals surface area contributed by atoms with E-state index in [4.69, 9.17) is 0 Å². The number of amides is 1. The number of imidazole rings is 1. The van der Waals surface area contributed by atoms with E-state index in [0.29, 0.717) is 36.5 Å². The van der Waals surface area contributed by atoms with Crippen LogP contribution < -0.4 is 10.6 Å². The van der Waals surface area contributed by atoms with E-state index in [-0.39, 0.29) is 22.6 Å². The summed E-state index contributed by atoms with van der Waals surface area (Å²) in [6.45, 7) is 6.86. The molecular formula is C26H36N4O3. The normalized spacial score (nSPS) is 28.4. The molecule has 3 N–H and O–H groups in total. The van der Waals surface area contributed by atoms with Crippen molar-refractivity contribution in [3.05, 3.63) is 29.6 Å². The molecule has 2 heterocycles. The number of hydrogen-bond acceptors (Lipinski definition) is 4. The molecule has 0 unspecified atom stereocenters. The highest BCUT2D eigenvalue weighted by molar-refractivity contribution is 5.92. The average molecular weight is 453 g/mol. The maximum Gasteiger partial charge on any atom is 0.356 e. The first-order chi connectivity index (χ1) is 15.6. The van der Waals surface area contributed by atoms with Crippen LogP contribution in [0.25, 0.3) is 5.65 Å². The number of carbonyl (C=O) groups is 2. The summed E-state index contributed by atoms with van der Waals surface area (Å²) < 4.78 is 1.81. The van der Waals surface area contributed by atoms with Crippen molar-refractivity contribution in [2.24, 2.45) is 23.2 Å². The number of nitrogens with one attached hydrogen (secondary N) is 2. The van der Waals surface area contributed by atoms with Gasteiger partial charge in [0.05, 0.1) is 5.69 Å². The number of nitrogens with zero attached hydrogens (tertiary/aromatic N) is 2. The average Bonchev–Trinajstić information content (AvgIpc) is 3.05. The van der Waals surface area contributed by atoms with Crippen molar-refractivity contribution in [3.63, 3.8) is 0 Å². The summed E-state index contributed by atoms with van der Waals surface area (Å²) in [5.74, 6) is 2.01. The number of anilines is 1. The second-order valence-corrected chi connectivity index (χ2v) is 11.9. The molecule has 7 heteroatoms. The van der Waals surface area contributed by atoms with Gasteiger partial charge in [-0.3, -0.25) is 9.20 Å². The summed E-state index contributed by atoms with van der Waals surface area (Å²) in [6.07, 6.45) is 8.71. The van der Waals surface area contributed by atoms with E-state index in [1.807, 2.05) is 16.5 Å². The Balaban J connectivity index is 1.38. The van der Waals surface area contributed by atoms with E-state index < -0.39 is 5.97 Å². The smallest absolute Gasteiger partial charge is 0.356 e. The highest BCUT2D eigenvalue weighted by Gasteiger charge is 2.51. The largest absolute Gasteiger partial charge is 0.476 e. The van der Waals surface area contributed by atoms with E-state index in [2.05, 4.69) is 36.4 Å². The second-order valence-electron chi connectivity index (χ2n) is 11.9. The zero-order valence-corrected chi connectivity index (χ0v) is 20.0. The molecule has 1 amide bonds. The molecule has 178 valence electrons. The van der Waals surface area contributed by atoms with Crippen LogP contribution in [-0.4, -0.2) is 38.5 Å². The Morgan fingerprint density at radius 2 is 1.76 bits per heavy atom. The number of carbonyl (C=O) groups excluding carboxylic acids is 1. The summed E-state index contributed by atoms with van der Waals surface area (Å²) >= 11 is 0. The van der Waals surface area contributed by atoms with Crippen LogP contribution in [0.3, 0.4) is 0 Å². The summed E-state index contributed by atoms with van der Waals surface area (Å²) in [7, 11) is 0. The quantitative estimate of drug-likeness (QED) is 0.575. The fourth-order valence-corrected chi connectivity index (χ4v) is 7.24. The Morgan fingerprint density at radius 3 is 2.33 bits per heavy atom. The molecule has 0 spiro atoms. The summed E-state index contributed by atoms with van der Waals surface area (Å²) in [5.41, 5.74) is 1.30. The lowest BCUT2D eigenvalue weighted by Crippen LogP contribution is -2.47. The van der Waals surface area contributed by atoms with E-state index in [9.17, 15) is 14.7 Å².